The van der Waals surface area contributed by atoms with Gasteiger partial charge >= 0.3 is 7.60 Å². The summed E-state index contributed by atoms with van der Waals surface area (Å²) in [5, 5.41) is 0. The van der Waals surface area contributed by atoms with E-state index < -0.39 is 7.60 Å². The maximum absolute atomic E-state index is 13.6. The van der Waals surface area contributed by atoms with E-state index in [1.54, 1.807) is 10.9 Å². The number of nitrogens with two attached hydrogens (primary N) is 1. The van der Waals surface area contributed by atoms with Gasteiger partial charge in [-0.25, -0.2) is 4.98 Å². The van der Waals surface area contributed by atoms with Crippen molar-refractivity contribution >= 4 is 24.7 Å². The van der Waals surface area contributed by atoms with E-state index in [0.29, 0.717) is 36.6 Å². The Bertz CT molecular complexity index is 1310. The molecule has 0 saturated carbocycles. The third-order valence-corrected chi connectivity index (χ3v) is 10.1. The highest BCUT2D eigenvalue weighted by molar-refractivity contribution is 7.53. The molecule has 11 nitrogen and oxygen atoms in total. The third kappa shape index (κ3) is 17.3. The van der Waals surface area contributed by atoms with E-state index in [2.05, 4.69) is 21.9 Å². The second kappa shape index (κ2) is 25.4. The van der Waals surface area contributed by atoms with E-state index in [1.807, 2.05) is 30.3 Å². The zero-order valence-corrected chi connectivity index (χ0v) is 31.1. The van der Waals surface area contributed by atoms with Gasteiger partial charge in [-0.05, 0) is 18.4 Å². The van der Waals surface area contributed by atoms with E-state index in [-0.39, 0.29) is 32.1 Å². The predicted molar refractivity (Wildman–Crippen MR) is 197 cm³/mol. The summed E-state index contributed by atoms with van der Waals surface area (Å²) in [6.45, 7) is 4.65. The van der Waals surface area contributed by atoms with Crippen molar-refractivity contribution in [2.45, 2.75) is 129 Å². The Morgan fingerprint density at radius 1 is 0.714 bits per heavy atom. The van der Waals surface area contributed by atoms with Crippen LogP contribution in [0, 0.1) is 0 Å². The van der Waals surface area contributed by atoms with Crippen LogP contribution in [0.25, 0.3) is 11.2 Å². The number of imidazole rings is 1. The highest BCUT2D eigenvalue weighted by atomic mass is 31.2. The van der Waals surface area contributed by atoms with Gasteiger partial charge < -0.3 is 33.6 Å². The number of methoxy groups -OCH3 is 1. The molecule has 2 aromatic heterocycles. The van der Waals surface area contributed by atoms with Crippen LogP contribution >= 0.6 is 7.60 Å². The van der Waals surface area contributed by atoms with Gasteiger partial charge in [0.25, 0.3) is 0 Å². The monoisotopic (exact) mass is 703 g/mol. The summed E-state index contributed by atoms with van der Waals surface area (Å²) in [6, 6.07) is 9.60. The average Bonchev–Trinajstić information content (AvgIpc) is 3.52. The zero-order valence-electron chi connectivity index (χ0n) is 30.2. The van der Waals surface area contributed by atoms with Gasteiger partial charge in [-0.3, -0.25) is 4.57 Å². The van der Waals surface area contributed by atoms with Gasteiger partial charge in [-0.1, -0.05) is 134 Å². The van der Waals surface area contributed by atoms with E-state index in [4.69, 9.17) is 29.0 Å². The minimum Gasteiger partial charge on any atom is -0.479 e. The molecule has 2 N–H and O–H groups in total. The summed E-state index contributed by atoms with van der Waals surface area (Å²) >= 11 is 0. The van der Waals surface area contributed by atoms with Crippen molar-refractivity contribution in [3.05, 3.63) is 42.2 Å². The number of rotatable bonds is 31. The molecule has 0 aliphatic rings. The predicted octanol–water partition coefficient (Wildman–Crippen LogP) is 9.49. The van der Waals surface area contributed by atoms with Gasteiger partial charge in [0.05, 0.1) is 33.3 Å². The Labute approximate surface area is 294 Å². The number of anilines is 1. The maximum atomic E-state index is 13.6. The molecule has 1 atom stereocenters. The molecule has 12 heteroatoms. The van der Waals surface area contributed by atoms with E-state index in [0.717, 1.165) is 18.6 Å². The van der Waals surface area contributed by atoms with Crippen molar-refractivity contribution in [1.29, 1.82) is 0 Å². The summed E-state index contributed by atoms with van der Waals surface area (Å²) in [4.78, 5) is 12.6. The normalized spacial score (nSPS) is 12.9. The largest absolute Gasteiger partial charge is 0.479 e. The maximum Gasteiger partial charge on any atom is 0.356 e. The van der Waals surface area contributed by atoms with Crippen LogP contribution in [0.4, 0.5) is 5.95 Å². The van der Waals surface area contributed by atoms with Crippen LogP contribution in [-0.2, 0) is 36.2 Å². The van der Waals surface area contributed by atoms with Crippen molar-refractivity contribution < 1.29 is 27.8 Å². The molecule has 0 bridgehead atoms. The number of ether oxygens (including phenoxy) is 3. The molecule has 3 aromatic rings. The summed E-state index contributed by atoms with van der Waals surface area (Å²) in [6.07, 6.45) is 23.7. The first-order chi connectivity index (χ1) is 24.0. The van der Waals surface area contributed by atoms with E-state index in [1.165, 1.54) is 103 Å². The molecule has 3 rings (SSSR count). The minimum atomic E-state index is -3.52. The lowest BCUT2D eigenvalue weighted by molar-refractivity contribution is 0.0979. The van der Waals surface area contributed by atoms with Crippen LogP contribution in [0.5, 0.6) is 5.88 Å². The van der Waals surface area contributed by atoms with Crippen LogP contribution < -0.4 is 10.5 Å². The number of nitrogen functional groups attached to an aromatic ring is 1. The molecular weight excluding hydrogens is 641 g/mol. The summed E-state index contributed by atoms with van der Waals surface area (Å²) in [5.41, 5.74) is 7.76. The lowest BCUT2D eigenvalue weighted by Crippen LogP contribution is -2.10. The van der Waals surface area contributed by atoms with Gasteiger partial charge in [-0.15, -0.1) is 0 Å². The molecular formula is C37H62N5O6P. The number of benzene rings is 1. The Morgan fingerprint density at radius 2 is 1.33 bits per heavy atom. The van der Waals surface area contributed by atoms with Gasteiger partial charge in [0.1, 0.15) is 6.35 Å². The van der Waals surface area contributed by atoms with Crippen molar-refractivity contribution in [2.75, 3.05) is 45.6 Å². The Balaban J connectivity index is 1.23. The van der Waals surface area contributed by atoms with Crippen LogP contribution in [0.1, 0.15) is 122 Å². The third-order valence-electron chi connectivity index (χ3n) is 8.50. The van der Waals surface area contributed by atoms with Crippen molar-refractivity contribution in [2.24, 2.45) is 0 Å². The fraction of sp³-hybridized carbons (Fsp3) is 0.703. The van der Waals surface area contributed by atoms with Gasteiger partial charge in [-0.2, -0.15) is 9.97 Å². The molecule has 0 fully saturated rings. The first kappa shape index (κ1) is 40.9. The van der Waals surface area contributed by atoms with E-state index in [9.17, 15) is 4.57 Å². The summed E-state index contributed by atoms with van der Waals surface area (Å²) in [5.74, 6) is 0.400. The van der Waals surface area contributed by atoms with Crippen LogP contribution in [-0.4, -0.2) is 59.4 Å². The smallest absolute Gasteiger partial charge is 0.356 e. The first-order valence-corrected chi connectivity index (χ1v) is 20.4. The first-order valence-electron chi connectivity index (χ1n) is 18.6. The fourth-order valence-corrected chi connectivity index (χ4v) is 6.99. The molecule has 276 valence electrons. The number of unbranched alkanes of at least 4 members (excludes halogenated alkanes) is 15. The van der Waals surface area contributed by atoms with Crippen molar-refractivity contribution in [1.82, 2.24) is 19.5 Å². The van der Waals surface area contributed by atoms with Gasteiger partial charge in [0.15, 0.2) is 11.2 Å². The van der Waals surface area contributed by atoms with Crippen LogP contribution in [0.15, 0.2) is 36.7 Å². The molecule has 2 heterocycles. The van der Waals surface area contributed by atoms with E-state index >= 15 is 0 Å². The number of aromatic nitrogens is 4. The number of hydrogen-bond donors (Lipinski definition) is 1. The highest BCUT2D eigenvalue weighted by Crippen LogP contribution is 2.49. The Hall–Kier alpha value is -2.56. The Morgan fingerprint density at radius 3 is 1.96 bits per heavy atom. The molecule has 1 unspecified atom stereocenters. The zero-order chi connectivity index (χ0) is 34.8. The fourth-order valence-electron chi connectivity index (χ4n) is 5.66. The molecule has 1 aromatic carbocycles. The molecule has 0 aliphatic carbocycles. The Kier molecular flexibility index (Phi) is 21.2. The minimum absolute atomic E-state index is 0.0910. The van der Waals surface area contributed by atoms with Crippen LogP contribution in [0.3, 0.4) is 0 Å². The van der Waals surface area contributed by atoms with Crippen LogP contribution in [0.2, 0.25) is 0 Å². The number of hydrogen-bond acceptors (Lipinski definition) is 10. The lowest BCUT2D eigenvalue weighted by Gasteiger charge is -2.19. The van der Waals surface area contributed by atoms with Crippen molar-refractivity contribution in [3.63, 3.8) is 0 Å². The highest BCUT2D eigenvalue weighted by Gasteiger charge is 2.25. The SMILES string of the molecule is CCCCCCCCCCCCCCCCCCOCCCOP(=O)(COCCn1cnc2c(OC)nc(N)nc21)OCc1ccccc1. The average molecular weight is 704 g/mol. The molecule has 0 aliphatic heterocycles. The molecule has 0 amide bonds. The molecule has 0 spiro atoms. The molecule has 49 heavy (non-hydrogen) atoms. The topological polar surface area (TPSA) is 133 Å². The molecule has 0 saturated heterocycles. The number of nitrogens with zero attached hydrogens (tertiary/aromatic N) is 4. The summed E-state index contributed by atoms with van der Waals surface area (Å²) < 4.78 is 43.9. The second-order valence-corrected chi connectivity index (χ2v) is 14.7. The lowest BCUT2D eigenvalue weighted by atomic mass is 10.0. The standard InChI is InChI=1S/C37H62N5O6P/c1-3-4-5-6-7-8-9-10-11-12-13-14-15-16-17-21-26-45-27-22-28-47-49(43,48-30-33-23-19-18-20-24-33)32-46-29-25-42-31-39-34-35(42)40-37(38)41-36(34)44-2/h18-20,23-24,31H,3-17,21-22,25-30,32H2,1-2H3,(H2,38,40,41). The second-order valence-electron chi connectivity index (χ2n) is 12.7. The van der Waals surface area contributed by atoms with Gasteiger partial charge in [0.2, 0.25) is 11.8 Å². The molecule has 0 radical (unpaired) electrons. The number of fused-ring (bicyclic) bond motifs is 1. The van der Waals surface area contributed by atoms with Crippen molar-refractivity contribution in [3.8, 4) is 5.88 Å². The van der Waals surface area contributed by atoms with Gasteiger partial charge in [0, 0.05) is 19.8 Å². The summed E-state index contributed by atoms with van der Waals surface area (Å²) in [7, 11) is -2.02. The quantitative estimate of drug-likeness (QED) is 0.0510.